The number of carbonyl (C=O) groups is 1. The molecule has 2 heterocycles. The van der Waals surface area contributed by atoms with Crippen LogP contribution in [0.25, 0.3) is 22.2 Å². The minimum atomic E-state index is 0.0919. The Morgan fingerprint density at radius 1 is 1.18 bits per heavy atom. The van der Waals surface area contributed by atoms with Gasteiger partial charge in [0.05, 0.1) is 30.0 Å². The van der Waals surface area contributed by atoms with Crippen molar-refractivity contribution in [1.82, 2.24) is 9.47 Å². The van der Waals surface area contributed by atoms with E-state index in [4.69, 9.17) is 9.47 Å². The van der Waals surface area contributed by atoms with Gasteiger partial charge in [-0.05, 0) is 49.6 Å². The minimum Gasteiger partial charge on any atom is -0.492 e. The Bertz CT molecular complexity index is 1220. The average Bonchev–Trinajstić information content (AvgIpc) is 3.67. The van der Waals surface area contributed by atoms with Crippen molar-refractivity contribution in [2.75, 3.05) is 44.8 Å². The molecular weight excluding hydrogens is 428 g/mol. The first-order valence-corrected chi connectivity index (χ1v) is 12.1. The SMILES string of the molecule is CCn1c(-c2ccc(NC(=O)C3CC3)cc2)c(C#N)c2ccc(OCCN3CCOCC3)cc21. The molecule has 2 fully saturated rings. The van der Waals surface area contributed by atoms with E-state index in [2.05, 4.69) is 27.8 Å². The number of aromatic nitrogens is 1. The summed E-state index contributed by atoms with van der Waals surface area (Å²) >= 11 is 0. The van der Waals surface area contributed by atoms with Crippen molar-refractivity contribution in [3.63, 3.8) is 0 Å². The fraction of sp³-hybridized carbons (Fsp3) is 0.407. The second-order valence-electron chi connectivity index (χ2n) is 8.90. The number of hydrogen-bond donors (Lipinski definition) is 1. The summed E-state index contributed by atoms with van der Waals surface area (Å²) in [5.74, 6) is 1.06. The largest absolute Gasteiger partial charge is 0.492 e. The number of fused-ring (bicyclic) bond motifs is 1. The monoisotopic (exact) mass is 458 g/mol. The van der Waals surface area contributed by atoms with E-state index in [0.717, 1.165) is 85.8 Å². The summed E-state index contributed by atoms with van der Waals surface area (Å²) < 4.78 is 13.6. The lowest BCUT2D eigenvalue weighted by atomic mass is 10.1. The Labute approximate surface area is 199 Å². The number of anilines is 1. The van der Waals surface area contributed by atoms with E-state index in [9.17, 15) is 10.1 Å². The van der Waals surface area contributed by atoms with Gasteiger partial charge in [0.15, 0.2) is 0 Å². The number of rotatable bonds is 8. The summed E-state index contributed by atoms with van der Waals surface area (Å²) in [5, 5.41) is 13.9. The smallest absolute Gasteiger partial charge is 0.227 e. The van der Waals surface area contributed by atoms with Crippen LogP contribution in [-0.4, -0.2) is 54.8 Å². The third-order valence-corrected chi connectivity index (χ3v) is 6.62. The summed E-state index contributed by atoms with van der Waals surface area (Å²) in [6.45, 7) is 7.75. The molecule has 176 valence electrons. The zero-order chi connectivity index (χ0) is 23.5. The lowest BCUT2D eigenvalue weighted by Crippen LogP contribution is -2.38. The summed E-state index contributed by atoms with van der Waals surface area (Å²) in [4.78, 5) is 14.4. The Kier molecular flexibility index (Phi) is 6.52. The lowest BCUT2D eigenvalue weighted by Gasteiger charge is -2.26. The normalized spacial score (nSPS) is 16.4. The molecule has 1 saturated heterocycles. The topological polar surface area (TPSA) is 79.5 Å². The van der Waals surface area contributed by atoms with E-state index in [0.29, 0.717) is 12.2 Å². The van der Waals surface area contributed by atoms with Crippen LogP contribution in [0, 0.1) is 17.2 Å². The maximum atomic E-state index is 12.1. The maximum Gasteiger partial charge on any atom is 0.227 e. The number of hydrogen-bond acceptors (Lipinski definition) is 5. The third-order valence-electron chi connectivity index (χ3n) is 6.62. The standard InChI is InChI=1S/C27H30N4O3/c1-2-31-25-17-22(34-16-13-30-11-14-33-15-12-30)9-10-23(25)24(18-28)26(31)19-5-7-21(8-6-19)29-27(32)20-3-4-20/h5-10,17,20H,2-4,11-16H2,1H3,(H,29,32). The van der Waals surface area contributed by atoms with Crippen molar-refractivity contribution in [3.8, 4) is 23.1 Å². The highest BCUT2D eigenvalue weighted by molar-refractivity contribution is 5.96. The number of nitriles is 1. The van der Waals surface area contributed by atoms with Crippen molar-refractivity contribution in [1.29, 1.82) is 5.26 Å². The molecule has 1 saturated carbocycles. The third kappa shape index (κ3) is 4.65. The number of amides is 1. The van der Waals surface area contributed by atoms with Gasteiger partial charge >= 0.3 is 0 Å². The fourth-order valence-electron chi connectivity index (χ4n) is 4.58. The van der Waals surface area contributed by atoms with Gasteiger partial charge in [0.2, 0.25) is 5.91 Å². The second-order valence-corrected chi connectivity index (χ2v) is 8.90. The number of aryl methyl sites for hydroxylation is 1. The number of ether oxygens (including phenoxy) is 2. The van der Waals surface area contributed by atoms with E-state index in [1.807, 2.05) is 42.5 Å². The molecule has 1 aliphatic carbocycles. The van der Waals surface area contributed by atoms with Crippen molar-refractivity contribution in [2.45, 2.75) is 26.3 Å². The molecule has 0 bridgehead atoms. The Morgan fingerprint density at radius 2 is 1.94 bits per heavy atom. The van der Waals surface area contributed by atoms with Crippen LogP contribution in [0.4, 0.5) is 5.69 Å². The molecule has 1 aromatic heterocycles. The molecule has 0 atom stereocenters. The quantitative estimate of drug-likeness (QED) is 0.546. The van der Waals surface area contributed by atoms with Gasteiger partial charge in [0.1, 0.15) is 18.4 Å². The van der Waals surface area contributed by atoms with Crippen LogP contribution in [-0.2, 0) is 16.1 Å². The van der Waals surface area contributed by atoms with Gasteiger partial charge in [-0.15, -0.1) is 0 Å². The molecule has 1 N–H and O–H groups in total. The van der Waals surface area contributed by atoms with Crippen molar-refractivity contribution < 1.29 is 14.3 Å². The molecular formula is C27H30N4O3. The number of nitrogens with zero attached hydrogens (tertiary/aromatic N) is 3. The molecule has 1 amide bonds. The highest BCUT2D eigenvalue weighted by Gasteiger charge is 2.29. The maximum absolute atomic E-state index is 12.1. The van der Waals surface area contributed by atoms with E-state index < -0.39 is 0 Å². The number of morpholine rings is 1. The first-order valence-electron chi connectivity index (χ1n) is 12.1. The molecule has 7 nitrogen and oxygen atoms in total. The Morgan fingerprint density at radius 3 is 2.62 bits per heavy atom. The molecule has 34 heavy (non-hydrogen) atoms. The highest BCUT2D eigenvalue weighted by atomic mass is 16.5. The molecule has 7 heteroatoms. The minimum absolute atomic E-state index is 0.0919. The summed E-state index contributed by atoms with van der Waals surface area (Å²) in [6.07, 6.45) is 1.95. The van der Waals surface area contributed by atoms with E-state index >= 15 is 0 Å². The first-order chi connectivity index (χ1) is 16.7. The molecule has 0 unspecified atom stereocenters. The molecule has 0 radical (unpaired) electrons. The molecule has 2 aliphatic rings. The van der Waals surface area contributed by atoms with Crippen LogP contribution in [0.1, 0.15) is 25.3 Å². The van der Waals surface area contributed by atoms with Crippen LogP contribution in [0.5, 0.6) is 5.75 Å². The Balaban J connectivity index is 1.38. The van der Waals surface area contributed by atoms with Crippen molar-refractivity contribution >= 4 is 22.5 Å². The molecule has 5 rings (SSSR count). The van der Waals surface area contributed by atoms with Gasteiger partial charge in [0, 0.05) is 49.2 Å². The molecule has 3 aromatic rings. The van der Waals surface area contributed by atoms with Gasteiger partial charge in [-0.3, -0.25) is 9.69 Å². The number of carbonyl (C=O) groups excluding carboxylic acids is 1. The number of nitrogens with one attached hydrogen (secondary N) is 1. The summed E-state index contributed by atoms with van der Waals surface area (Å²) in [6, 6.07) is 16.2. The Hall–Kier alpha value is -3.34. The van der Waals surface area contributed by atoms with Crippen molar-refractivity contribution in [2.24, 2.45) is 5.92 Å². The zero-order valence-electron chi connectivity index (χ0n) is 19.5. The molecule has 0 spiro atoms. The highest BCUT2D eigenvalue weighted by Crippen LogP contribution is 2.36. The van der Waals surface area contributed by atoms with E-state index in [1.54, 1.807) is 0 Å². The lowest BCUT2D eigenvalue weighted by molar-refractivity contribution is -0.117. The second kappa shape index (κ2) is 9.88. The van der Waals surface area contributed by atoms with Crippen LogP contribution in [0.3, 0.4) is 0 Å². The van der Waals surface area contributed by atoms with Crippen LogP contribution in [0.15, 0.2) is 42.5 Å². The fourth-order valence-corrected chi connectivity index (χ4v) is 4.58. The molecule has 1 aliphatic heterocycles. The van der Waals surface area contributed by atoms with Crippen molar-refractivity contribution in [3.05, 3.63) is 48.0 Å². The molecule has 2 aromatic carbocycles. The van der Waals surface area contributed by atoms with Gasteiger partial charge in [0.25, 0.3) is 0 Å². The van der Waals surface area contributed by atoms with E-state index in [1.165, 1.54) is 0 Å². The van der Waals surface area contributed by atoms with Gasteiger partial charge in [-0.1, -0.05) is 12.1 Å². The van der Waals surface area contributed by atoms with Crippen LogP contribution in [0.2, 0.25) is 0 Å². The van der Waals surface area contributed by atoms with Gasteiger partial charge in [-0.25, -0.2) is 0 Å². The van der Waals surface area contributed by atoms with Crippen LogP contribution >= 0.6 is 0 Å². The first kappa shape index (κ1) is 22.5. The average molecular weight is 459 g/mol. The van der Waals surface area contributed by atoms with Crippen LogP contribution < -0.4 is 10.1 Å². The summed E-state index contributed by atoms with van der Waals surface area (Å²) in [7, 11) is 0. The van der Waals surface area contributed by atoms with E-state index in [-0.39, 0.29) is 11.8 Å². The summed E-state index contributed by atoms with van der Waals surface area (Å²) in [5.41, 5.74) is 4.28. The predicted molar refractivity (Wildman–Crippen MR) is 132 cm³/mol. The zero-order valence-corrected chi connectivity index (χ0v) is 19.5. The van der Waals surface area contributed by atoms with Gasteiger partial charge < -0.3 is 19.4 Å². The van der Waals surface area contributed by atoms with Gasteiger partial charge in [-0.2, -0.15) is 5.26 Å². The predicted octanol–water partition coefficient (Wildman–Crippen LogP) is 4.26. The number of benzene rings is 2.